The van der Waals surface area contributed by atoms with E-state index in [1.807, 2.05) is 37.3 Å². The molecule has 0 fully saturated rings. The molecule has 1 unspecified atom stereocenters. The number of aryl methyl sites for hydroxylation is 1. The summed E-state index contributed by atoms with van der Waals surface area (Å²) in [5.41, 5.74) is 7.57. The third-order valence-corrected chi connectivity index (χ3v) is 2.51. The third-order valence-electron chi connectivity index (χ3n) is 2.51. The lowest BCUT2D eigenvalue weighted by atomic mass is 10.1. The van der Waals surface area contributed by atoms with E-state index in [1.54, 1.807) is 6.07 Å². The summed E-state index contributed by atoms with van der Waals surface area (Å²) in [7, 11) is 0. The molecule has 16 heavy (non-hydrogen) atoms. The maximum Gasteiger partial charge on any atom is 0.134 e. The monoisotopic (exact) mass is 217 g/mol. The zero-order chi connectivity index (χ0) is 11.5. The highest BCUT2D eigenvalue weighted by Crippen LogP contribution is 2.25. The molecule has 1 aromatic heterocycles. The van der Waals surface area contributed by atoms with Crippen LogP contribution in [0.5, 0.6) is 0 Å². The number of hydrogen-bond acceptors (Lipinski definition) is 3. The van der Waals surface area contributed by atoms with E-state index in [0.29, 0.717) is 5.76 Å². The maximum atomic E-state index is 9.51. The van der Waals surface area contributed by atoms with Crippen molar-refractivity contribution in [2.24, 2.45) is 5.73 Å². The molecule has 0 aliphatic heterocycles. The van der Waals surface area contributed by atoms with Crippen LogP contribution in [0.4, 0.5) is 0 Å². The predicted molar refractivity (Wildman–Crippen MR) is 62.9 cm³/mol. The highest BCUT2D eigenvalue weighted by molar-refractivity contribution is 5.57. The van der Waals surface area contributed by atoms with E-state index in [1.165, 1.54) is 5.56 Å². The Balaban J connectivity index is 2.28. The first-order valence-corrected chi connectivity index (χ1v) is 5.25. The number of hydrogen-bond donors (Lipinski definition) is 2. The van der Waals surface area contributed by atoms with E-state index >= 15 is 0 Å². The van der Waals surface area contributed by atoms with Gasteiger partial charge in [0.1, 0.15) is 17.6 Å². The third kappa shape index (κ3) is 2.15. The van der Waals surface area contributed by atoms with Gasteiger partial charge in [0.2, 0.25) is 0 Å². The van der Waals surface area contributed by atoms with Crippen molar-refractivity contribution in [3.63, 3.8) is 0 Å². The van der Waals surface area contributed by atoms with E-state index in [-0.39, 0.29) is 6.54 Å². The molecule has 0 spiro atoms. The van der Waals surface area contributed by atoms with Crippen LogP contribution in [-0.2, 0) is 0 Å². The molecule has 2 rings (SSSR count). The maximum absolute atomic E-state index is 9.51. The second kappa shape index (κ2) is 4.51. The molecule has 1 atom stereocenters. The van der Waals surface area contributed by atoms with Gasteiger partial charge in [-0.1, -0.05) is 29.8 Å². The lowest BCUT2D eigenvalue weighted by Crippen LogP contribution is -2.10. The Morgan fingerprint density at radius 3 is 2.50 bits per heavy atom. The second-order valence-corrected chi connectivity index (χ2v) is 3.82. The minimum Gasteiger partial charge on any atom is -0.458 e. The van der Waals surface area contributed by atoms with Crippen molar-refractivity contribution in [3.05, 3.63) is 47.7 Å². The van der Waals surface area contributed by atoms with Gasteiger partial charge in [-0.25, -0.2) is 0 Å². The Hall–Kier alpha value is -1.58. The van der Waals surface area contributed by atoms with Gasteiger partial charge >= 0.3 is 0 Å². The number of aliphatic hydroxyl groups is 1. The number of rotatable bonds is 3. The van der Waals surface area contributed by atoms with Crippen molar-refractivity contribution in [2.75, 3.05) is 6.54 Å². The van der Waals surface area contributed by atoms with Gasteiger partial charge in [0.15, 0.2) is 0 Å². The van der Waals surface area contributed by atoms with Crippen LogP contribution in [0.25, 0.3) is 11.3 Å². The van der Waals surface area contributed by atoms with Crippen molar-refractivity contribution in [1.82, 2.24) is 0 Å². The summed E-state index contributed by atoms with van der Waals surface area (Å²) in [6.07, 6.45) is -0.723. The lowest BCUT2D eigenvalue weighted by Gasteiger charge is -2.03. The van der Waals surface area contributed by atoms with Crippen molar-refractivity contribution >= 4 is 0 Å². The molecule has 1 heterocycles. The van der Waals surface area contributed by atoms with Crippen molar-refractivity contribution < 1.29 is 9.52 Å². The first kappa shape index (κ1) is 10.9. The van der Waals surface area contributed by atoms with E-state index in [2.05, 4.69) is 0 Å². The summed E-state index contributed by atoms with van der Waals surface area (Å²) in [4.78, 5) is 0. The van der Waals surface area contributed by atoms with Crippen LogP contribution >= 0.6 is 0 Å². The fourth-order valence-corrected chi connectivity index (χ4v) is 1.52. The molecule has 84 valence electrons. The highest BCUT2D eigenvalue weighted by Gasteiger charge is 2.11. The summed E-state index contributed by atoms with van der Waals surface area (Å²) in [5, 5.41) is 9.51. The molecule has 0 saturated carbocycles. The summed E-state index contributed by atoms with van der Waals surface area (Å²) < 4.78 is 5.53. The van der Waals surface area contributed by atoms with Crippen LogP contribution in [-0.4, -0.2) is 11.7 Å². The van der Waals surface area contributed by atoms with Gasteiger partial charge in [-0.15, -0.1) is 0 Å². The number of benzene rings is 1. The van der Waals surface area contributed by atoms with Gasteiger partial charge in [0, 0.05) is 12.1 Å². The molecule has 2 aromatic rings. The summed E-state index contributed by atoms with van der Waals surface area (Å²) in [6.45, 7) is 2.20. The minimum atomic E-state index is -0.723. The van der Waals surface area contributed by atoms with Gasteiger partial charge in [0.25, 0.3) is 0 Å². The topological polar surface area (TPSA) is 59.4 Å². The number of aliphatic hydroxyl groups excluding tert-OH is 1. The van der Waals surface area contributed by atoms with Crippen molar-refractivity contribution in [2.45, 2.75) is 13.0 Å². The van der Waals surface area contributed by atoms with Crippen LogP contribution in [0, 0.1) is 6.92 Å². The van der Waals surface area contributed by atoms with Crippen molar-refractivity contribution in [3.8, 4) is 11.3 Å². The molecule has 1 aromatic carbocycles. The molecule has 0 radical (unpaired) electrons. The Bertz CT molecular complexity index is 459. The average molecular weight is 217 g/mol. The normalized spacial score (nSPS) is 12.7. The molecule has 0 amide bonds. The fourth-order valence-electron chi connectivity index (χ4n) is 1.52. The standard InChI is InChI=1S/C13H15NO2/c1-9-2-4-10(5-3-9)12-6-7-13(16-12)11(15)8-14/h2-7,11,15H,8,14H2,1H3. The summed E-state index contributed by atoms with van der Waals surface area (Å²) in [5.74, 6) is 1.26. The molecular weight excluding hydrogens is 202 g/mol. The first-order valence-electron chi connectivity index (χ1n) is 5.25. The number of furan rings is 1. The molecule has 3 nitrogen and oxygen atoms in total. The molecule has 3 heteroatoms. The van der Waals surface area contributed by atoms with E-state index in [0.717, 1.165) is 11.3 Å². The molecule has 0 aliphatic rings. The van der Waals surface area contributed by atoms with Gasteiger partial charge in [-0.2, -0.15) is 0 Å². The zero-order valence-electron chi connectivity index (χ0n) is 9.18. The SMILES string of the molecule is Cc1ccc(-c2ccc(C(O)CN)o2)cc1. The van der Waals surface area contributed by atoms with E-state index in [4.69, 9.17) is 10.2 Å². The average Bonchev–Trinajstić information content (AvgIpc) is 2.78. The second-order valence-electron chi connectivity index (χ2n) is 3.82. The van der Waals surface area contributed by atoms with Crippen LogP contribution in [0.15, 0.2) is 40.8 Å². The Labute approximate surface area is 94.5 Å². The van der Waals surface area contributed by atoms with E-state index < -0.39 is 6.10 Å². The van der Waals surface area contributed by atoms with Gasteiger partial charge in [-0.3, -0.25) is 0 Å². The Morgan fingerprint density at radius 1 is 1.19 bits per heavy atom. The smallest absolute Gasteiger partial charge is 0.134 e. The highest BCUT2D eigenvalue weighted by atomic mass is 16.4. The fraction of sp³-hybridized carbons (Fsp3) is 0.231. The minimum absolute atomic E-state index is 0.168. The van der Waals surface area contributed by atoms with Gasteiger partial charge < -0.3 is 15.3 Å². The van der Waals surface area contributed by atoms with Gasteiger partial charge in [-0.05, 0) is 19.1 Å². The predicted octanol–water partition coefficient (Wildman–Crippen LogP) is 2.25. The molecule has 3 N–H and O–H groups in total. The molecular formula is C13H15NO2. The molecule has 0 aliphatic carbocycles. The van der Waals surface area contributed by atoms with Crippen molar-refractivity contribution in [1.29, 1.82) is 0 Å². The van der Waals surface area contributed by atoms with Crippen LogP contribution in [0.1, 0.15) is 17.4 Å². The first-order chi connectivity index (χ1) is 7.70. The molecule has 0 bridgehead atoms. The number of nitrogens with two attached hydrogens (primary N) is 1. The van der Waals surface area contributed by atoms with E-state index in [9.17, 15) is 5.11 Å². The largest absolute Gasteiger partial charge is 0.458 e. The lowest BCUT2D eigenvalue weighted by molar-refractivity contribution is 0.159. The van der Waals surface area contributed by atoms with Crippen LogP contribution in [0.2, 0.25) is 0 Å². The van der Waals surface area contributed by atoms with Crippen LogP contribution < -0.4 is 5.73 Å². The van der Waals surface area contributed by atoms with Crippen LogP contribution in [0.3, 0.4) is 0 Å². The van der Waals surface area contributed by atoms with Gasteiger partial charge in [0.05, 0.1) is 0 Å². The summed E-state index contributed by atoms with van der Waals surface area (Å²) >= 11 is 0. The summed E-state index contributed by atoms with van der Waals surface area (Å²) in [6, 6.07) is 11.6. The quantitative estimate of drug-likeness (QED) is 0.829. The zero-order valence-corrected chi connectivity index (χ0v) is 9.18. The molecule has 0 saturated heterocycles. The Morgan fingerprint density at radius 2 is 1.88 bits per heavy atom. The Kier molecular flexibility index (Phi) is 3.08.